The summed E-state index contributed by atoms with van der Waals surface area (Å²) >= 11 is 0.797. The summed E-state index contributed by atoms with van der Waals surface area (Å²) in [6, 6.07) is 15.6. The van der Waals surface area contributed by atoms with E-state index in [2.05, 4.69) is 15.7 Å². The number of carbonyl (C=O) groups is 2. The Hall–Kier alpha value is -6.56. The van der Waals surface area contributed by atoms with Crippen LogP contribution in [0.5, 0.6) is 46.0 Å². The minimum Gasteiger partial charge on any atom is -0.493 e. The number of rotatable bonds is 14. The zero-order valence-electron chi connectivity index (χ0n) is 34.5. The molecule has 4 aromatic rings. The molecule has 4 atom stereocenters. The van der Waals surface area contributed by atoms with Crippen molar-refractivity contribution in [1.29, 1.82) is 0 Å². The van der Waals surface area contributed by atoms with Gasteiger partial charge >= 0.3 is 0 Å². The Morgan fingerprint density at radius 1 is 0.692 bits per heavy atom. The Bertz CT molecular complexity index is 2770. The molecule has 2 amide bonds. The first-order valence-corrected chi connectivity index (χ1v) is 22.5. The first kappa shape index (κ1) is 42.4. The summed E-state index contributed by atoms with van der Waals surface area (Å²) in [6.45, 7) is 0.434. The molecule has 0 saturated heterocycles. The number of anilines is 2. The van der Waals surface area contributed by atoms with Crippen LogP contribution < -0.4 is 48.5 Å². The van der Waals surface area contributed by atoms with Crippen molar-refractivity contribution < 1.29 is 75.1 Å². The van der Waals surface area contributed by atoms with Gasteiger partial charge in [-0.3, -0.25) is 14.1 Å². The second-order valence-electron chi connectivity index (χ2n) is 15.4. The van der Waals surface area contributed by atoms with E-state index in [0.29, 0.717) is 69.7 Å². The Labute approximate surface area is 375 Å². The molecule has 340 valence electrons. The molecule has 4 N–H and O–H groups in total. The van der Waals surface area contributed by atoms with Gasteiger partial charge in [0, 0.05) is 31.0 Å². The van der Waals surface area contributed by atoms with E-state index in [1.165, 1.54) is 31.3 Å². The number of fused-ring (bicyclic) bond motifs is 6. The van der Waals surface area contributed by atoms with E-state index in [1.54, 1.807) is 47.6 Å². The number of ether oxygens (including phenoxy) is 8. The van der Waals surface area contributed by atoms with Crippen LogP contribution >= 0.6 is 12.0 Å². The minimum atomic E-state index is -4.75. The van der Waals surface area contributed by atoms with Crippen LogP contribution in [-0.2, 0) is 19.5 Å². The Balaban J connectivity index is 0.837. The summed E-state index contributed by atoms with van der Waals surface area (Å²) in [6.07, 6.45) is 4.25. The monoisotopic (exact) mass is 932 g/mol. The van der Waals surface area contributed by atoms with E-state index < -0.39 is 38.9 Å². The van der Waals surface area contributed by atoms with E-state index in [1.807, 2.05) is 18.2 Å². The Morgan fingerprint density at radius 3 is 1.72 bits per heavy atom. The van der Waals surface area contributed by atoms with Gasteiger partial charge in [0.2, 0.25) is 13.6 Å². The second-order valence-corrected chi connectivity index (χ2v) is 17.8. The van der Waals surface area contributed by atoms with Gasteiger partial charge in [-0.05, 0) is 71.5 Å². The lowest BCUT2D eigenvalue weighted by Gasteiger charge is -2.27. The van der Waals surface area contributed by atoms with Gasteiger partial charge in [0.15, 0.2) is 51.4 Å². The summed E-state index contributed by atoms with van der Waals surface area (Å²) in [7, 11) is -1.87. The molecule has 0 bridgehead atoms. The van der Waals surface area contributed by atoms with Gasteiger partial charge in [0.05, 0.1) is 74.1 Å². The first-order chi connectivity index (χ1) is 31.5. The fourth-order valence-electron chi connectivity index (χ4n) is 8.66. The molecule has 20 nitrogen and oxygen atoms in total. The molecule has 10 rings (SSSR count). The summed E-state index contributed by atoms with van der Waals surface area (Å²) in [5.74, 6) is 2.58. The van der Waals surface area contributed by atoms with Crippen LogP contribution in [0.15, 0.2) is 73.1 Å². The maximum Gasteiger partial charge on any atom is 0.288 e. The summed E-state index contributed by atoms with van der Waals surface area (Å²) in [5, 5.41) is 17.0. The topological polar surface area (TPSA) is 232 Å². The molecule has 0 aliphatic carbocycles. The van der Waals surface area contributed by atoms with Crippen LogP contribution in [0.3, 0.4) is 0 Å². The third kappa shape index (κ3) is 7.91. The molecule has 65 heavy (non-hydrogen) atoms. The molecule has 0 unspecified atom stereocenters. The highest BCUT2D eigenvalue weighted by Gasteiger charge is 2.46. The van der Waals surface area contributed by atoms with Crippen molar-refractivity contribution in [3.63, 3.8) is 0 Å². The van der Waals surface area contributed by atoms with Gasteiger partial charge in [0.1, 0.15) is 5.37 Å². The van der Waals surface area contributed by atoms with Gasteiger partial charge in [-0.2, -0.15) is 8.42 Å². The smallest absolute Gasteiger partial charge is 0.288 e. The number of hydrogen-bond acceptors (Lipinski definition) is 18. The van der Waals surface area contributed by atoms with Crippen molar-refractivity contribution in [3.8, 4) is 46.0 Å². The number of methoxy groups -OCH3 is 2. The van der Waals surface area contributed by atoms with Crippen LogP contribution in [0.4, 0.5) is 11.4 Å². The predicted molar refractivity (Wildman–Crippen MR) is 231 cm³/mol. The zero-order chi connectivity index (χ0) is 45.0. The number of carbonyl (C=O) groups excluding carboxylic acids is 2. The molecule has 6 heterocycles. The Morgan fingerprint density at radius 2 is 1.20 bits per heavy atom. The van der Waals surface area contributed by atoms with E-state index in [4.69, 9.17) is 47.5 Å². The van der Waals surface area contributed by atoms with Crippen LogP contribution in [-0.4, -0.2) is 104 Å². The van der Waals surface area contributed by atoms with Crippen molar-refractivity contribution in [3.05, 3.63) is 95.3 Å². The van der Waals surface area contributed by atoms with Gasteiger partial charge < -0.3 is 58.3 Å². The fraction of sp³-hybridized carbons (Fsp3) is 0.302. The molecule has 0 saturated carbocycles. The zero-order valence-corrected chi connectivity index (χ0v) is 36.1. The molecular weight excluding hydrogens is 893 g/mol. The lowest BCUT2D eigenvalue weighted by atomic mass is 10.0. The van der Waals surface area contributed by atoms with E-state index in [9.17, 15) is 22.6 Å². The van der Waals surface area contributed by atoms with Crippen molar-refractivity contribution in [2.75, 3.05) is 51.7 Å². The maximum atomic E-state index is 14.2. The van der Waals surface area contributed by atoms with Crippen molar-refractivity contribution in [1.82, 2.24) is 9.80 Å². The Kier molecular flexibility index (Phi) is 11.2. The minimum absolute atomic E-state index is 0.0804. The first-order valence-electron chi connectivity index (χ1n) is 20.2. The lowest BCUT2D eigenvalue weighted by Crippen LogP contribution is -2.46. The molecule has 0 aromatic heterocycles. The fourth-order valence-corrected chi connectivity index (χ4v) is 10.2. The number of nitrogens with zero attached hydrogens (tertiary/aromatic N) is 2. The van der Waals surface area contributed by atoms with Crippen LogP contribution in [0, 0.1) is 0 Å². The standard InChI is InChI=1S/C43H40N4O16S2/c1-54-34-14-26-28(44-40(64-63-62-50)30-10-24(18-46(30)42(26)48)22-4-6-32-36(12-22)60-20-58-32)16-38(34)56-8-3-9-57-39-17-29-27(15-35(39)55-2)43(49)47-19-25(11-31(47)41(45-29)65(51,52)53)23-5-7-33-37(13-23)61-21-59-33/h4-7,12-19,30-31,40-41,44-45,50H,3,8-11,20-21H2,1-2H3,(H,51,52,53)/t30-,31-,40-,41-/m0/s1. The average Bonchev–Trinajstić information content (AvgIpc) is 4.13. The van der Waals surface area contributed by atoms with Crippen LogP contribution in [0.1, 0.15) is 51.1 Å². The SMILES string of the molecule is COc1cc2c(cc1OCCCOc1cc3c(cc1OC)C(=O)N1C=C(c4ccc5c(c4)OCO5)C[C@H]1[C@H](SOOO)N3)N[C@@H](S(=O)(=O)O)[C@@H]1CC(c3ccc4c(c3)OCO4)=CN1C2=O. The molecule has 6 aliphatic heterocycles. The van der Waals surface area contributed by atoms with E-state index in [-0.39, 0.29) is 61.9 Å². The van der Waals surface area contributed by atoms with Gasteiger partial charge in [-0.15, -0.1) is 4.33 Å². The summed E-state index contributed by atoms with van der Waals surface area (Å²) in [5.41, 5.74) is 4.07. The number of nitrogens with one attached hydrogen (secondary N) is 2. The molecule has 4 aromatic carbocycles. The maximum absolute atomic E-state index is 14.2. The van der Waals surface area contributed by atoms with Gasteiger partial charge in [-0.1, -0.05) is 17.2 Å². The van der Waals surface area contributed by atoms with Crippen molar-refractivity contribution in [2.24, 2.45) is 0 Å². The molecular formula is C43H40N4O16S2. The third-order valence-corrected chi connectivity index (χ3v) is 13.6. The van der Waals surface area contributed by atoms with Gasteiger partial charge in [0.25, 0.3) is 21.9 Å². The van der Waals surface area contributed by atoms with Crippen LogP contribution in [0.2, 0.25) is 0 Å². The largest absolute Gasteiger partial charge is 0.493 e. The lowest BCUT2D eigenvalue weighted by molar-refractivity contribution is -0.432. The molecule has 22 heteroatoms. The highest BCUT2D eigenvalue weighted by molar-refractivity contribution is 7.95. The average molecular weight is 933 g/mol. The summed E-state index contributed by atoms with van der Waals surface area (Å²) < 4.78 is 86.5. The third-order valence-electron chi connectivity index (χ3n) is 11.8. The molecule has 0 fully saturated rings. The molecule has 6 aliphatic rings. The van der Waals surface area contributed by atoms with E-state index in [0.717, 1.165) is 23.2 Å². The number of hydrogen-bond donors (Lipinski definition) is 4. The molecule has 0 spiro atoms. The van der Waals surface area contributed by atoms with Crippen molar-refractivity contribution >= 4 is 56.5 Å². The van der Waals surface area contributed by atoms with Crippen LogP contribution in [0.25, 0.3) is 11.1 Å². The highest BCUT2D eigenvalue weighted by atomic mass is 32.2. The molecule has 0 radical (unpaired) electrons. The predicted octanol–water partition coefficient (Wildman–Crippen LogP) is 5.98. The van der Waals surface area contributed by atoms with Crippen molar-refractivity contribution in [2.45, 2.75) is 42.1 Å². The number of benzene rings is 4. The second kappa shape index (κ2) is 17.1. The quantitative estimate of drug-likeness (QED) is 0.0374. The highest BCUT2D eigenvalue weighted by Crippen LogP contribution is 2.46. The van der Waals surface area contributed by atoms with Gasteiger partial charge in [-0.25, -0.2) is 5.26 Å². The summed E-state index contributed by atoms with van der Waals surface area (Å²) in [4.78, 5) is 31.2. The number of amides is 2. The van der Waals surface area contributed by atoms with E-state index >= 15 is 0 Å². The normalized spacial score (nSPS) is 21.2.